The summed E-state index contributed by atoms with van der Waals surface area (Å²) < 4.78 is 11.1. The van der Waals surface area contributed by atoms with Gasteiger partial charge in [0.1, 0.15) is 5.75 Å². The topological polar surface area (TPSA) is 54.9 Å². The predicted octanol–water partition coefficient (Wildman–Crippen LogP) is 3.92. The summed E-state index contributed by atoms with van der Waals surface area (Å²) in [5, 5.41) is 6.73. The van der Waals surface area contributed by atoms with Crippen LogP contribution in [0.25, 0.3) is 0 Å². The van der Waals surface area contributed by atoms with Crippen molar-refractivity contribution in [1.82, 2.24) is 10.6 Å². The number of hydrogen-bond donors (Lipinski definition) is 2. The van der Waals surface area contributed by atoms with E-state index in [1.807, 2.05) is 12.1 Å². The van der Waals surface area contributed by atoms with Crippen molar-refractivity contribution in [2.75, 3.05) is 20.7 Å². The van der Waals surface area contributed by atoms with Crippen LogP contribution in [0, 0.1) is 0 Å². The average molecular weight is 384 g/mol. The Kier molecular flexibility index (Phi) is 8.33. The maximum absolute atomic E-state index is 5.86. The van der Waals surface area contributed by atoms with Crippen LogP contribution in [0.4, 0.5) is 0 Å². The number of guanidine groups is 1. The van der Waals surface area contributed by atoms with E-state index < -0.39 is 0 Å². The molecule has 0 saturated carbocycles. The van der Waals surface area contributed by atoms with Gasteiger partial charge in [0.25, 0.3) is 0 Å². The van der Waals surface area contributed by atoms with Crippen LogP contribution in [0.2, 0.25) is 0 Å². The molecule has 2 N–H and O–H groups in total. The third-order valence-electron chi connectivity index (χ3n) is 4.21. The predicted molar refractivity (Wildman–Crippen MR) is 116 cm³/mol. The molecule has 0 aliphatic carbocycles. The Balaban J connectivity index is 1.78. The van der Waals surface area contributed by atoms with Gasteiger partial charge in [0.2, 0.25) is 0 Å². The average Bonchev–Trinajstić information content (AvgIpc) is 2.69. The lowest BCUT2D eigenvalue weighted by Crippen LogP contribution is -2.37. The molecule has 0 saturated heterocycles. The molecular formula is C23H33N3O2. The zero-order valence-electron chi connectivity index (χ0n) is 17.7. The molecule has 0 bridgehead atoms. The van der Waals surface area contributed by atoms with E-state index in [1.165, 1.54) is 16.7 Å². The minimum absolute atomic E-state index is 0.135. The summed E-state index contributed by atoms with van der Waals surface area (Å²) in [5.41, 5.74) is 3.50. The fraction of sp³-hybridized carbons (Fsp3) is 0.435. The molecule has 0 unspecified atom stereocenters. The Hall–Kier alpha value is -2.53. The summed E-state index contributed by atoms with van der Waals surface area (Å²) in [6, 6.07) is 16.6. The molecule has 0 amide bonds. The molecule has 0 aromatic heterocycles. The minimum Gasteiger partial charge on any atom is -0.497 e. The summed E-state index contributed by atoms with van der Waals surface area (Å²) in [5.74, 6) is 1.68. The Bertz CT molecular complexity index is 749. The smallest absolute Gasteiger partial charge is 0.191 e. The van der Waals surface area contributed by atoms with Crippen molar-refractivity contribution in [3.05, 3.63) is 65.2 Å². The van der Waals surface area contributed by atoms with Crippen molar-refractivity contribution >= 4 is 5.96 Å². The number of aliphatic imine (C=N–C) groups is 1. The van der Waals surface area contributed by atoms with Gasteiger partial charge in [-0.2, -0.15) is 0 Å². The standard InChI is InChI=1S/C23H33N3O2/c1-23(2,3)28-17-20-8-6-7-19(15-20)16-26-22(24-4)25-14-13-18-9-11-21(27-5)12-10-18/h6-12,15H,13-14,16-17H2,1-5H3,(H2,24,25,26). The second-order valence-electron chi connectivity index (χ2n) is 7.67. The van der Waals surface area contributed by atoms with Crippen molar-refractivity contribution < 1.29 is 9.47 Å². The Morgan fingerprint density at radius 1 is 0.964 bits per heavy atom. The van der Waals surface area contributed by atoms with Crippen LogP contribution in [-0.2, 0) is 24.3 Å². The number of nitrogens with one attached hydrogen (secondary N) is 2. The third kappa shape index (κ3) is 8.01. The molecule has 0 radical (unpaired) electrons. The molecular weight excluding hydrogens is 350 g/mol. The molecule has 0 heterocycles. The zero-order valence-corrected chi connectivity index (χ0v) is 17.7. The highest BCUT2D eigenvalue weighted by atomic mass is 16.5. The first-order chi connectivity index (χ1) is 13.4. The SMILES string of the molecule is CN=C(NCCc1ccc(OC)cc1)NCc1cccc(COC(C)(C)C)c1. The number of ether oxygens (including phenoxy) is 2. The highest BCUT2D eigenvalue weighted by molar-refractivity contribution is 5.79. The van der Waals surface area contributed by atoms with E-state index >= 15 is 0 Å². The second kappa shape index (κ2) is 10.7. The van der Waals surface area contributed by atoms with Gasteiger partial charge in [-0.25, -0.2) is 0 Å². The van der Waals surface area contributed by atoms with E-state index in [2.05, 4.69) is 72.8 Å². The van der Waals surface area contributed by atoms with Crippen LogP contribution >= 0.6 is 0 Å². The fourth-order valence-electron chi connectivity index (χ4n) is 2.65. The van der Waals surface area contributed by atoms with E-state index in [9.17, 15) is 0 Å². The van der Waals surface area contributed by atoms with Gasteiger partial charge < -0.3 is 20.1 Å². The molecule has 5 heteroatoms. The molecule has 152 valence electrons. The maximum Gasteiger partial charge on any atom is 0.191 e. The van der Waals surface area contributed by atoms with E-state index in [1.54, 1.807) is 14.2 Å². The van der Waals surface area contributed by atoms with Crippen molar-refractivity contribution in [3.63, 3.8) is 0 Å². The molecule has 2 rings (SSSR count). The van der Waals surface area contributed by atoms with Crippen LogP contribution in [0.15, 0.2) is 53.5 Å². The molecule has 0 spiro atoms. The molecule has 2 aromatic rings. The van der Waals surface area contributed by atoms with Crippen molar-refractivity contribution in [2.24, 2.45) is 4.99 Å². The summed E-state index contributed by atoms with van der Waals surface area (Å²) >= 11 is 0. The van der Waals surface area contributed by atoms with E-state index in [4.69, 9.17) is 9.47 Å². The number of nitrogens with zero attached hydrogens (tertiary/aromatic N) is 1. The Morgan fingerprint density at radius 2 is 1.68 bits per heavy atom. The normalized spacial score (nSPS) is 12.0. The van der Waals surface area contributed by atoms with Crippen LogP contribution in [0.5, 0.6) is 5.75 Å². The lowest BCUT2D eigenvalue weighted by atomic mass is 10.1. The number of rotatable bonds is 8. The molecule has 0 aliphatic heterocycles. The number of benzene rings is 2. The molecule has 0 atom stereocenters. The van der Waals surface area contributed by atoms with E-state index in [-0.39, 0.29) is 5.60 Å². The molecule has 0 fully saturated rings. The van der Waals surface area contributed by atoms with Gasteiger partial charge >= 0.3 is 0 Å². The van der Waals surface area contributed by atoms with Crippen molar-refractivity contribution in [3.8, 4) is 5.75 Å². The second-order valence-corrected chi connectivity index (χ2v) is 7.67. The highest BCUT2D eigenvalue weighted by Crippen LogP contribution is 2.13. The van der Waals surface area contributed by atoms with E-state index in [0.29, 0.717) is 13.2 Å². The third-order valence-corrected chi connectivity index (χ3v) is 4.21. The summed E-state index contributed by atoms with van der Waals surface area (Å²) in [4.78, 5) is 4.30. The highest BCUT2D eigenvalue weighted by Gasteiger charge is 2.10. The summed E-state index contributed by atoms with van der Waals surface area (Å²) in [6.45, 7) is 8.35. The summed E-state index contributed by atoms with van der Waals surface area (Å²) in [6.07, 6.45) is 0.921. The van der Waals surface area contributed by atoms with Gasteiger partial charge in [-0.15, -0.1) is 0 Å². The first-order valence-electron chi connectivity index (χ1n) is 9.69. The lowest BCUT2D eigenvalue weighted by Gasteiger charge is -2.19. The molecule has 5 nitrogen and oxygen atoms in total. The number of hydrogen-bond acceptors (Lipinski definition) is 3. The van der Waals surface area contributed by atoms with Crippen molar-refractivity contribution in [2.45, 2.75) is 45.9 Å². The van der Waals surface area contributed by atoms with Crippen LogP contribution in [0.3, 0.4) is 0 Å². The van der Waals surface area contributed by atoms with Crippen LogP contribution < -0.4 is 15.4 Å². The summed E-state index contributed by atoms with van der Waals surface area (Å²) in [7, 11) is 3.47. The lowest BCUT2D eigenvalue weighted by molar-refractivity contribution is -0.0149. The minimum atomic E-state index is -0.135. The first-order valence-corrected chi connectivity index (χ1v) is 9.69. The Morgan fingerprint density at radius 3 is 2.32 bits per heavy atom. The zero-order chi connectivity index (χ0) is 20.4. The Labute approximate surface area is 169 Å². The monoisotopic (exact) mass is 383 g/mol. The van der Waals surface area contributed by atoms with Crippen LogP contribution in [0.1, 0.15) is 37.5 Å². The maximum atomic E-state index is 5.86. The van der Waals surface area contributed by atoms with Gasteiger partial charge in [-0.05, 0) is 56.0 Å². The van der Waals surface area contributed by atoms with Crippen molar-refractivity contribution in [1.29, 1.82) is 0 Å². The van der Waals surface area contributed by atoms with Crippen LogP contribution in [-0.4, -0.2) is 32.3 Å². The molecule has 0 aliphatic rings. The van der Waals surface area contributed by atoms with Gasteiger partial charge in [0.05, 0.1) is 19.3 Å². The molecule has 2 aromatic carbocycles. The van der Waals surface area contributed by atoms with Gasteiger partial charge in [-0.3, -0.25) is 4.99 Å². The van der Waals surface area contributed by atoms with E-state index in [0.717, 1.165) is 24.7 Å². The van der Waals surface area contributed by atoms with Gasteiger partial charge in [0.15, 0.2) is 5.96 Å². The first kappa shape index (κ1) is 21.8. The number of methoxy groups -OCH3 is 1. The fourth-order valence-corrected chi connectivity index (χ4v) is 2.65. The van der Waals surface area contributed by atoms with Gasteiger partial charge in [0, 0.05) is 20.1 Å². The molecule has 28 heavy (non-hydrogen) atoms. The van der Waals surface area contributed by atoms with Gasteiger partial charge in [-0.1, -0.05) is 36.4 Å². The quantitative estimate of drug-likeness (QED) is 0.536. The largest absolute Gasteiger partial charge is 0.497 e.